The molecule has 0 bridgehead atoms. The van der Waals surface area contributed by atoms with Crippen molar-refractivity contribution >= 4 is 39.7 Å². The summed E-state index contributed by atoms with van der Waals surface area (Å²) in [5.41, 5.74) is 11.6. The first-order valence-electron chi connectivity index (χ1n) is 14.6. The number of aromatic nitrogens is 1. The highest BCUT2D eigenvalue weighted by atomic mass is 15.1. The van der Waals surface area contributed by atoms with Crippen LogP contribution in [0.5, 0.6) is 0 Å². The van der Waals surface area contributed by atoms with Crippen molar-refractivity contribution in [3.63, 3.8) is 0 Å². The van der Waals surface area contributed by atoms with Crippen LogP contribution in [0.4, 0.5) is 22.7 Å². The number of likely N-dealkylation sites (N-methyl/N-ethyl adjacent to an activating group) is 1. The number of benzene rings is 3. The molecule has 41 heavy (non-hydrogen) atoms. The van der Waals surface area contributed by atoms with Crippen LogP contribution in [-0.4, -0.2) is 32.7 Å². The van der Waals surface area contributed by atoms with E-state index in [1.807, 2.05) is 25.4 Å². The van der Waals surface area contributed by atoms with Crippen LogP contribution < -0.4 is 15.1 Å². The molecule has 1 N–H and O–H groups in total. The molecule has 5 rings (SSSR count). The van der Waals surface area contributed by atoms with Gasteiger partial charge in [-0.2, -0.15) is 0 Å². The van der Waals surface area contributed by atoms with Gasteiger partial charge in [-0.25, -0.2) is 0 Å². The van der Waals surface area contributed by atoms with Crippen LogP contribution in [-0.2, 0) is 0 Å². The largest absolute Gasteiger partial charge is 0.388 e. The molecule has 0 unspecified atom stereocenters. The van der Waals surface area contributed by atoms with E-state index in [2.05, 4.69) is 116 Å². The number of fused-ring (bicyclic) bond motifs is 1. The Labute approximate surface area is 245 Å². The average Bonchev–Trinajstić information content (AvgIpc) is 3.55. The minimum Gasteiger partial charge on any atom is -0.388 e. The number of nitrogens with one attached hydrogen (secondary N) is 1. The Morgan fingerprint density at radius 3 is 2.44 bits per heavy atom. The maximum atomic E-state index is 4.82. The van der Waals surface area contributed by atoms with Gasteiger partial charge in [0, 0.05) is 61.9 Å². The zero-order valence-corrected chi connectivity index (χ0v) is 25.0. The molecule has 0 saturated heterocycles. The Hall–Kier alpha value is -4.31. The van der Waals surface area contributed by atoms with Crippen molar-refractivity contribution in [3.05, 3.63) is 109 Å². The molecule has 3 aromatic carbocycles. The van der Waals surface area contributed by atoms with Crippen LogP contribution in [0.15, 0.2) is 97.7 Å². The van der Waals surface area contributed by atoms with Gasteiger partial charge in [0.25, 0.3) is 0 Å². The Morgan fingerprint density at radius 2 is 1.73 bits per heavy atom. The fourth-order valence-corrected chi connectivity index (χ4v) is 6.07. The highest BCUT2D eigenvalue weighted by Crippen LogP contribution is 2.39. The first-order valence-corrected chi connectivity index (χ1v) is 14.6. The molecule has 1 aliphatic rings. The van der Waals surface area contributed by atoms with Gasteiger partial charge in [0.2, 0.25) is 0 Å². The van der Waals surface area contributed by atoms with Gasteiger partial charge in [-0.1, -0.05) is 74.1 Å². The van der Waals surface area contributed by atoms with Crippen molar-refractivity contribution in [2.45, 2.75) is 32.6 Å². The third kappa shape index (κ3) is 6.07. The first kappa shape index (κ1) is 28.2. The van der Waals surface area contributed by atoms with E-state index in [4.69, 9.17) is 4.98 Å². The standard InChI is InChI=1S/C37H42N4/c1-7-8-11-31-24-39-35-21-17-30(29-15-18-32(38-4)19-16-29)22-34(35)37(31)41(6)33-20-14-26(2)36(23-33)40(5)25-27(3)28-12-9-10-13-28/h7-8,11,14-24,28,38H,1,3,9-10,12-13,25H2,2,4-6H3/b11-8-. The molecule has 0 amide bonds. The summed E-state index contributed by atoms with van der Waals surface area (Å²) in [6.07, 6.45) is 13.1. The molecule has 1 fully saturated rings. The molecule has 1 heterocycles. The van der Waals surface area contributed by atoms with E-state index in [9.17, 15) is 0 Å². The van der Waals surface area contributed by atoms with E-state index in [0.29, 0.717) is 5.92 Å². The lowest BCUT2D eigenvalue weighted by molar-refractivity contribution is 0.627. The lowest BCUT2D eigenvalue weighted by atomic mass is 9.98. The van der Waals surface area contributed by atoms with E-state index in [1.165, 1.54) is 48.1 Å². The lowest BCUT2D eigenvalue weighted by Gasteiger charge is -2.28. The molecule has 1 aliphatic carbocycles. The van der Waals surface area contributed by atoms with E-state index in [-0.39, 0.29) is 0 Å². The monoisotopic (exact) mass is 542 g/mol. The Kier molecular flexibility index (Phi) is 8.58. The van der Waals surface area contributed by atoms with Crippen molar-refractivity contribution in [3.8, 4) is 11.1 Å². The van der Waals surface area contributed by atoms with Gasteiger partial charge in [0.1, 0.15) is 0 Å². The second kappa shape index (κ2) is 12.5. The van der Waals surface area contributed by atoms with Gasteiger partial charge in [-0.15, -0.1) is 0 Å². The van der Waals surface area contributed by atoms with E-state index in [0.717, 1.165) is 45.6 Å². The van der Waals surface area contributed by atoms with E-state index >= 15 is 0 Å². The van der Waals surface area contributed by atoms with Crippen LogP contribution in [0, 0.1) is 12.8 Å². The van der Waals surface area contributed by atoms with Crippen LogP contribution in [0.1, 0.15) is 36.8 Å². The van der Waals surface area contributed by atoms with Crippen molar-refractivity contribution in [1.82, 2.24) is 4.98 Å². The second-order valence-electron chi connectivity index (χ2n) is 11.2. The van der Waals surface area contributed by atoms with Gasteiger partial charge in [-0.3, -0.25) is 4.98 Å². The SMILES string of the molecule is C=C/C=C\c1cnc2ccc(-c3ccc(NC)cc3)cc2c1N(C)c1ccc(C)c(N(C)CC(=C)C2CCCC2)c1. The maximum Gasteiger partial charge on any atom is 0.0723 e. The molecule has 0 radical (unpaired) electrons. The fraction of sp³-hybridized carbons (Fsp3) is 0.270. The molecule has 210 valence electrons. The zero-order chi connectivity index (χ0) is 28.9. The molecule has 1 aromatic heterocycles. The second-order valence-corrected chi connectivity index (χ2v) is 11.2. The molecule has 0 atom stereocenters. The predicted octanol–water partition coefficient (Wildman–Crippen LogP) is 9.40. The summed E-state index contributed by atoms with van der Waals surface area (Å²) in [6, 6.07) is 21.8. The molecule has 4 heteroatoms. The third-order valence-corrected chi connectivity index (χ3v) is 8.49. The number of pyridine rings is 1. The zero-order valence-electron chi connectivity index (χ0n) is 25.0. The number of allylic oxidation sites excluding steroid dienone is 2. The Balaban J connectivity index is 1.56. The number of aryl methyl sites for hydroxylation is 1. The highest BCUT2D eigenvalue weighted by Gasteiger charge is 2.20. The van der Waals surface area contributed by atoms with E-state index < -0.39 is 0 Å². The number of anilines is 4. The summed E-state index contributed by atoms with van der Waals surface area (Å²) in [4.78, 5) is 9.48. The average molecular weight is 543 g/mol. The summed E-state index contributed by atoms with van der Waals surface area (Å²) >= 11 is 0. The van der Waals surface area contributed by atoms with Gasteiger partial charge in [0.05, 0.1) is 11.2 Å². The topological polar surface area (TPSA) is 31.4 Å². The Morgan fingerprint density at radius 1 is 1.00 bits per heavy atom. The number of nitrogens with zero attached hydrogens (tertiary/aromatic N) is 3. The minimum atomic E-state index is 0.662. The molecular weight excluding hydrogens is 500 g/mol. The van der Waals surface area contributed by atoms with Crippen LogP contribution in [0.3, 0.4) is 0 Å². The molecule has 0 spiro atoms. The summed E-state index contributed by atoms with van der Waals surface area (Å²) in [7, 11) is 6.29. The summed E-state index contributed by atoms with van der Waals surface area (Å²) in [5, 5.41) is 4.31. The van der Waals surface area contributed by atoms with Crippen molar-refractivity contribution in [2.75, 3.05) is 42.8 Å². The van der Waals surface area contributed by atoms with Crippen molar-refractivity contribution in [2.24, 2.45) is 5.92 Å². The van der Waals surface area contributed by atoms with Crippen LogP contribution >= 0.6 is 0 Å². The highest BCUT2D eigenvalue weighted by molar-refractivity contribution is 6.00. The van der Waals surface area contributed by atoms with Crippen LogP contribution in [0.2, 0.25) is 0 Å². The molecular formula is C37H42N4. The lowest BCUT2D eigenvalue weighted by Crippen LogP contribution is -2.23. The molecule has 0 aliphatic heterocycles. The smallest absolute Gasteiger partial charge is 0.0723 e. The van der Waals surface area contributed by atoms with Gasteiger partial charge in [0.15, 0.2) is 0 Å². The minimum absolute atomic E-state index is 0.662. The Bertz CT molecular complexity index is 1580. The van der Waals surface area contributed by atoms with Crippen molar-refractivity contribution in [1.29, 1.82) is 0 Å². The molecule has 1 saturated carbocycles. The van der Waals surface area contributed by atoms with Crippen molar-refractivity contribution < 1.29 is 0 Å². The molecule has 4 nitrogen and oxygen atoms in total. The summed E-state index contributed by atoms with van der Waals surface area (Å²) in [6.45, 7) is 11.5. The normalized spacial score (nSPS) is 13.6. The number of rotatable bonds is 10. The van der Waals surface area contributed by atoms with Gasteiger partial charge in [-0.05, 0) is 78.8 Å². The maximum absolute atomic E-state index is 4.82. The summed E-state index contributed by atoms with van der Waals surface area (Å²) in [5.74, 6) is 0.662. The van der Waals surface area contributed by atoms with Crippen LogP contribution in [0.25, 0.3) is 28.1 Å². The predicted molar refractivity (Wildman–Crippen MR) is 180 cm³/mol. The van der Waals surface area contributed by atoms with Gasteiger partial charge >= 0.3 is 0 Å². The van der Waals surface area contributed by atoms with Gasteiger partial charge < -0.3 is 15.1 Å². The first-order chi connectivity index (χ1) is 19.9. The number of hydrogen-bond acceptors (Lipinski definition) is 4. The van der Waals surface area contributed by atoms with E-state index in [1.54, 1.807) is 0 Å². The molecule has 4 aromatic rings. The summed E-state index contributed by atoms with van der Waals surface area (Å²) < 4.78 is 0. The quantitative estimate of drug-likeness (QED) is 0.160. The number of hydrogen-bond donors (Lipinski definition) is 1. The fourth-order valence-electron chi connectivity index (χ4n) is 6.07. The third-order valence-electron chi connectivity index (χ3n) is 8.49.